The highest BCUT2D eigenvalue weighted by molar-refractivity contribution is 9.10. The van der Waals surface area contributed by atoms with Gasteiger partial charge in [0.1, 0.15) is 0 Å². The van der Waals surface area contributed by atoms with E-state index in [-0.39, 0.29) is 17.8 Å². The fourth-order valence-electron chi connectivity index (χ4n) is 1.66. The van der Waals surface area contributed by atoms with Crippen molar-refractivity contribution in [2.75, 3.05) is 11.9 Å². The molecule has 0 spiro atoms. The smallest absolute Gasteiger partial charge is 0.0390 e. The summed E-state index contributed by atoms with van der Waals surface area (Å²) in [6.07, 6.45) is 0. The first-order chi connectivity index (χ1) is 5.59. The van der Waals surface area contributed by atoms with Crippen molar-refractivity contribution >= 4 is 34.0 Å². The van der Waals surface area contributed by atoms with Crippen LogP contribution in [0, 0.1) is 0 Å². The van der Waals surface area contributed by atoms with Gasteiger partial charge in [-0.25, -0.2) is 0 Å². The number of fused-ring (bicyclic) bond motifs is 1. The third-order valence-corrected chi connectivity index (χ3v) is 2.92. The number of anilines is 1. The minimum atomic E-state index is 0. The van der Waals surface area contributed by atoms with Gasteiger partial charge in [0.2, 0.25) is 0 Å². The zero-order valence-electron chi connectivity index (χ0n) is 7.73. The van der Waals surface area contributed by atoms with E-state index in [9.17, 15) is 0 Å². The minimum absolute atomic E-state index is 0. The van der Waals surface area contributed by atoms with E-state index in [1.165, 1.54) is 11.3 Å². The molecule has 1 N–H and O–H groups in total. The van der Waals surface area contributed by atoms with Crippen molar-refractivity contribution < 1.29 is 0 Å². The van der Waals surface area contributed by atoms with Gasteiger partial charge in [-0.3, -0.25) is 0 Å². The lowest BCUT2D eigenvalue weighted by Crippen LogP contribution is -2.18. The maximum absolute atomic E-state index is 3.46. The van der Waals surface area contributed by atoms with Crippen molar-refractivity contribution in [3.8, 4) is 0 Å². The largest absolute Gasteiger partial charge is 0.384 e. The SMILES string of the molecule is CC1(C)CNc2cc(Br)ccc21.Cl. The Bertz CT molecular complexity index is 323. The van der Waals surface area contributed by atoms with Gasteiger partial charge in [0.15, 0.2) is 0 Å². The monoisotopic (exact) mass is 261 g/mol. The zero-order valence-corrected chi connectivity index (χ0v) is 10.1. The van der Waals surface area contributed by atoms with Gasteiger partial charge in [0.05, 0.1) is 0 Å². The quantitative estimate of drug-likeness (QED) is 0.754. The van der Waals surface area contributed by atoms with E-state index in [0.717, 1.165) is 11.0 Å². The lowest BCUT2D eigenvalue weighted by molar-refractivity contribution is 0.586. The summed E-state index contributed by atoms with van der Waals surface area (Å²) in [6, 6.07) is 6.44. The molecule has 13 heavy (non-hydrogen) atoms. The highest BCUT2D eigenvalue weighted by Gasteiger charge is 2.29. The van der Waals surface area contributed by atoms with Gasteiger partial charge in [-0.05, 0) is 17.7 Å². The van der Waals surface area contributed by atoms with Gasteiger partial charge in [-0.15, -0.1) is 12.4 Å². The molecule has 72 valence electrons. The second kappa shape index (κ2) is 3.50. The Labute approximate surface area is 93.5 Å². The van der Waals surface area contributed by atoms with E-state index >= 15 is 0 Å². The maximum Gasteiger partial charge on any atom is 0.0390 e. The lowest BCUT2D eigenvalue weighted by Gasteiger charge is -2.16. The van der Waals surface area contributed by atoms with Crippen LogP contribution in [0.15, 0.2) is 22.7 Å². The predicted octanol–water partition coefficient (Wildman–Crippen LogP) is 3.57. The molecular formula is C10H13BrClN. The van der Waals surface area contributed by atoms with Gasteiger partial charge in [-0.1, -0.05) is 35.8 Å². The molecule has 2 rings (SSSR count). The number of hydrogen-bond acceptors (Lipinski definition) is 1. The van der Waals surface area contributed by atoms with Crippen LogP contribution >= 0.6 is 28.3 Å². The van der Waals surface area contributed by atoms with Crippen LogP contribution in [0.2, 0.25) is 0 Å². The molecule has 1 nitrogen and oxygen atoms in total. The summed E-state index contributed by atoms with van der Waals surface area (Å²) in [5.41, 5.74) is 2.98. The number of hydrogen-bond donors (Lipinski definition) is 1. The third-order valence-electron chi connectivity index (χ3n) is 2.43. The van der Waals surface area contributed by atoms with E-state index in [1.54, 1.807) is 0 Å². The van der Waals surface area contributed by atoms with Crippen LogP contribution in [0.3, 0.4) is 0 Å². The second-order valence-electron chi connectivity index (χ2n) is 3.93. The van der Waals surface area contributed by atoms with Crippen LogP contribution in [0.1, 0.15) is 19.4 Å². The van der Waals surface area contributed by atoms with E-state index in [4.69, 9.17) is 0 Å². The summed E-state index contributed by atoms with van der Waals surface area (Å²) in [7, 11) is 0. The first kappa shape index (κ1) is 10.9. The van der Waals surface area contributed by atoms with E-state index < -0.39 is 0 Å². The molecule has 0 saturated heterocycles. The molecule has 0 bridgehead atoms. The van der Waals surface area contributed by atoms with Gasteiger partial charge < -0.3 is 5.32 Å². The normalized spacial score (nSPS) is 17.2. The van der Waals surface area contributed by atoms with Crippen molar-refractivity contribution in [2.24, 2.45) is 0 Å². The molecule has 1 aliphatic heterocycles. The van der Waals surface area contributed by atoms with E-state index in [0.29, 0.717) is 0 Å². The summed E-state index contributed by atoms with van der Waals surface area (Å²) in [6.45, 7) is 5.57. The molecule has 1 aromatic carbocycles. The minimum Gasteiger partial charge on any atom is -0.384 e. The highest BCUT2D eigenvalue weighted by Crippen LogP contribution is 2.37. The van der Waals surface area contributed by atoms with Gasteiger partial charge in [0.25, 0.3) is 0 Å². The first-order valence-electron chi connectivity index (χ1n) is 4.13. The summed E-state index contributed by atoms with van der Waals surface area (Å²) >= 11 is 3.46. The number of halogens is 2. The fourth-order valence-corrected chi connectivity index (χ4v) is 2.03. The Kier molecular flexibility index (Phi) is 2.93. The van der Waals surface area contributed by atoms with Crippen molar-refractivity contribution in [1.29, 1.82) is 0 Å². The average molecular weight is 263 g/mol. The molecule has 0 radical (unpaired) electrons. The van der Waals surface area contributed by atoms with E-state index in [1.807, 2.05) is 0 Å². The molecule has 0 atom stereocenters. The Hall–Kier alpha value is -0.210. The standard InChI is InChI=1S/C10H12BrN.ClH/c1-10(2)6-12-9-5-7(11)3-4-8(9)10;/h3-5,12H,6H2,1-2H3;1H. The van der Waals surface area contributed by atoms with Crippen molar-refractivity contribution in [3.63, 3.8) is 0 Å². The molecule has 0 aliphatic carbocycles. The highest BCUT2D eigenvalue weighted by atomic mass is 79.9. The Morgan fingerprint density at radius 3 is 2.77 bits per heavy atom. The zero-order chi connectivity index (χ0) is 8.77. The molecule has 0 aromatic heterocycles. The van der Waals surface area contributed by atoms with Crippen LogP contribution in [-0.2, 0) is 5.41 Å². The summed E-state index contributed by atoms with van der Waals surface area (Å²) in [5.74, 6) is 0. The maximum atomic E-state index is 3.46. The molecule has 0 saturated carbocycles. The van der Waals surface area contributed by atoms with Crippen molar-refractivity contribution in [1.82, 2.24) is 0 Å². The second-order valence-corrected chi connectivity index (χ2v) is 4.84. The lowest BCUT2D eigenvalue weighted by atomic mass is 9.87. The van der Waals surface area contributed by atoms with Crippen LogP contribution in [-0.4, -0.2) is 6.54 Å². The topological polar surface area (TPSA) is 12.0 Å². The van der Waals surface area contributed by atoms with Crippen LogP contribution in [0.4, 0.5) is 5.69 Å². The summed E-state index contributed by atoms with van der Waals surface area (Å²) < 4.78 is 1.14. The molecule has 3 heteroatoms. The van der Waals surface area contributed by atoms with E-state index in [2.05, 4.69) is 53.3 Å². The fraction of sp³-hybridized carbons (Fsp3) is 0.400. The molecular weight excluding hydrogens is 249 g/mol. The molecule has 1 aromatic rings. The molecule has 0 fully saturated rings. The van der Waals surface area contributed by atoms with Crippen LogP contribution in [0.5, 0.6) is 0 Å². The molecule has 1 aliphatic rings. The summed E-state index contributed by atoms with van der Waals surface area (Å²) in [4.78, 5) is 0. The first-order valence-corrected chi connectivity index (χ1v) is 4.93. The molecule has 0 unspecified atom stereocenters. The molecule has 1 heterocycles. The van der Waals surface area contributed by atoms with Gasteiger partial charge in [0, 0.05) is 22.1 Å². The number of benzene rings is 1. The predicted molar refractivity (Wildman–Crippen MR) is 62.9 cm³/mol. The average Bonchev–Trinajstić information content (AvgIpc) is 2.27. The van der Waals surface area contributed by atoms with Crippen molar-refractivity contribution in [2.45, 2.75) is 19.3 Å². The number of rotatable bonds is 0. The van der Waals surface area contributed by atoms with Crippen LogP contribution in [0.25, 0.3) is 0 Å². The van der Waals surface area contributed by atoms with Crippen molar-refractivity contribution in [3.05, 3.63) is 28.2 Å². The number of nitrogens with one attached hydrogen (secondary N) is 1. The molecule has 0 amide bonds. The third kappa shape index (κ3) is 1.84. The van der Waals surface area contributed by atoms with Crippen LogP contribution < -0.4 is 5.32 Å². The van der Waals surface area contributed by atoms with Gasteiger partial charge >= 0.3 is 0 Å². The Balaban J connectivity index is 0.000000845. The Morgan fingerprint density at radius 1 is 1.38 bits per heavy atom. The Morgan fingerprint density at radius 2 is 2.08 bits per heavy atom. The summed E-state index contributed by atoms with van der Waals surface area (Å²) in [5, 5.41) is 3.40. The van der Waals surface area contributed by atoms with Gasteiger partial charge in [-0.2, -0.15) is 0 Å².